The Morgan fingerprint density at radius 3 is 2.87 bits per heavy atom. The molecule has 1 aromatic heterocycles. The SMILES string of the molecule is COc1cccc(C(N)=NC(=O)Cn2ncc(Cl)c(Cl)c2=O)c1. The van der Waals surface area contributed by atoms with Gasteiger partial charge in [-0.05, 0) is 12.1 Å². The highest BCUT2D eigenvalue weighted by Crippen LogP contribution is 2.14. The monoisotopic (exact) mass is 354 g/mol. The van der Waals surface area contributed by atoms with Crippen LogP contribution in [0.2, 0.25) is 10.0 Å². The second-order valence-corrected chi connectivity index (χ2v) is 5.18. The van der Waals surface area contributed by atoms with E-state index in [0.717, 1.165) is 4.68 Å². The van der Waals surface area contributed by atoms with E-state index in [2.05, 4.69) is 10.1 Å². The van der Waals surface area contributed by atoms with E-state index in [1.54, 1.807) is 24.3 Å². The highest BCUT2D eigenvalue weighted by molar-refractivity contribution is 6.41. The van der Waals surface area contributed by atoms with Crippen LogP contribution in [0, 0.1) is 0 Å². The molecular weight excluding hydrogens is 343 g/mol. The molecule has 0 saturated heterocycles. The molecule has 7 nitrogen and oxygen atoms in total. The number of rotatable bonds is 4. The lowest BCUT2D eigenvalue weighted by atomic mass is 10.2. The van der Waals surface area contributed by atoms with Crippen LogP contribution in [0.25, 0.3) is 0 Å². The number of hydrogen-bond donors (Lipinski definition) is 1. The molecular formula is C14H12Cl2N4O3. The van der Waals surface area contributed by atoms with E-state index in [9.17, 15) is 9.59 Å². The van der Waals surface area contributed by atoms with Gasteiger partial charge >= 0.3 is 0 Å². The molecule has 0 aliphatic heterocycles. The number of amidine groups is 1. The van der Waals surface area contributed by atoms with Gasteiger partial charge in [0.15, 0.2) is 0 Å². The average Bonchev–Trinajstić information content (AvgIpc) is 2.55. The van der Waals surface area contributed by atoms with E-state index in [-0.39, 0.29) is 15.9 Å². The number of carbonyl (C=O) groups excluding carboxylic acids is 1. The number of amides is 1. The number of hydrogen-bond acceptors (Lipinski definition) is 4. The molecule has 1 heterocycles. The predicted molar refractivity (Wildman–Crippen MR) is 87.2 cm³/mol. The highest BCUT2D eigenvalue weighted by atomic mass is 35.5. The van der Waals surface area contributed by atoms with Gasteiger partial charge in [-0.2, -0.15) is 10.1 Å². The van der Waals surface area contributed by atoms with Gasteiger partial charge in [-0.25, -0.2) is 4.68 Å². The molecule has 0 spiro atoms. The Bertz CT molecular complexity index is 833. The molecule has 0 fully saturated rings. The van der Waals surface area contributed by atoms with Crippen LogP contribution >= 0.6 is 23.2 Å². The van der Waals surface area contributed by atoms with E-state index in [1.165, 1.54) is 13.3 Å². The van der Waals surface area contributed by atoms with Crippen molar-refractivity contribution >= 4 is 34.9 Å². The lowest BCUT2D eigenvalue weighted by molar-refractivity contribution is -0.118. The van der Waals surface area contributed by atoms with Crippen molar-refractivity contribution in [3.63, 3.8) is 0 Å². The molecule has 9 heteroatoms. The van der Waals surface area contributed by atoms with Crippen molar-refractivity contribution in [2.45, 2.75) is 6.54 Å². The number of nitrogens with two attached hydrogens (primary N) is 1. The van der Waals surface area contributed by atoms with Gasteiger partial charge < -0.3 is 10.5 Å². The van der Waals surface area contributed by atoms with Crippen LogP contribution in [0.3, 0.4) is 0 Å². The molecule has 2 N–H and O–H groups in total. The van der Waals surface area contributed by atoms with E-state index < -0.39 is 18.0 Å². The van der Waals surface area contributed by atoms with Crippen LogP contribution in [0.15, 0.2) is 40.2 Å². The number of methoxy groups -OCH3 is 1. The summed E-state index contributed by atoms with van der Waals surface area (Å²) in [5.74, 6) is -0.0733. The van der Waals surface area contributed by atoms with Gasteiger partial charge in [0.2, 0.25) is 0 Å². The molecule has 0 aliphatic carbocycles. The van der Waals surface area contributed by atoms with E-state index >= 15 is 0 Å². The molecule has 2 aromatic rings. The van der Waals surface area contributed by atoms with Crippen LogP contribution in [0.4, 0.5) is 0 Å². The molecule has 0 saturated carbocycles. The molecule has 120 valence electrons. The second kappa shape index (κ2) is 7.26. The van der Waals surface area contributed by atoms with Crippen LogP contribution in [0.1, 0.15) is 5.56 Å². The Morgan fingerprint density at radius 2 is 2.17 bits per heavy atom. The fourth-order valence-corrected chi connectivity index (χ4v) is 1.97. The van der Waals surface area contributed by atoms with E-state index in [1.807, 2.05) is 0 Å². The Labute approximate surface area is 141 Å². The summed E-state index contributed by atoms with van der Waals surface area (Å²) < 4.78 is 5.93. The number of nitrogens with zero attached hydrogens (tertiary/aromatic N) is 3. The predicted octanol–water partition coefficient (Wildman–Crippen LogP) is 1.49. The highest BCUT2D eigenvalue weighted by Gasteiger charge is 2.11. The summed E-state index contributed by atoms with van der Waals surface area (Å²) in [5, 5.41) is 3.53. The first kappa shape index (κ1) is 17.0. The standard InChI is InChI=1S/C14H12Cl2N4O3/c1-23-9-4-2-3-8(5-9)13(17)19-11(21)7-20-14(22)12(16)10(15)6-18-20/h2-6H,7H2,1H3,(H2,17,19,21). The minimum Gasteiger partial charge on any atom is -0.497 e. The third kappa shape index (κ3) is 4.08. The molecule has 0 unspecified atom stereocenters. The van der Waals surface area contributed by atoms with Crippen LogP contribution in [-0.2, 0) is 11.3 Å². The summed E-state index contributed by atoms with van der Waals surface area (Å²) in [6, 6.07) is 6.76. The van der Waals surface area contributed by atoms with Gasteiger partial charge in [0, 0.05) is 5.56 Å². The minimum atomic E-state index is -0.678. The van der Waals surface area contributed by atoms with Crippen molar-refractivity contribution in [2.24, 2.45) is 10.7 Å². The quantitative estimate of drug-likeness (QED) is 0.662. The van der Waals surface area contributed by atoms with E-state index in [0.29, 0.717) is 11.3 Å². The summed E-state index contributed by atoms with van der Waals surface area (Å²) in [5.41, 5.74) is 5.63. The Kier molecular flexibility index (Phi) is 5.36. The first-order valence-electron chi connectivity index (χ1n) is 6.35. The van der Waals surface area contributed by atoms with Gasteiger partial charge in [0.25, 0.3) is 11.5 Å². The number of aromatic nitrogens is 2. The first-order valence-corrected chi connectivity index (χ1v) is 7.10. The molecule has 0 bridgehead atoms. The van der Waals surface area contributed by atoms with Gasteiger partial charge in [-0.1, -0.05) is 35.3 Å². The molecule has 1 aromatic carbocycles. The molecule has 0 aliphatic rings. The Hall–Kier alpha value is -2.38. The lowest BCUT2D eigenvalue weighted by Crippen LogP contribution is -2.27. The van der Waals surface area contributed by atoms with Gasteiger partial charge in [0.1, 0.15) is 23.2 Å². The number of ether oxygens (including phenoxy) is 1. The lowest BCUT2D eigenvalue weighted by Gasteiger charge is -2.05. The van der Waals surface area contributed by atoms with Crippen molar-refractivity contribution in [1.29, 1.82) is 0 Å². The number of halogens is 2. The van der Waals surface area contributed by atoms with Crippen LogP contribution in [0.5, 0.6) is 5.75 Å². The maximum Gasteiger partial charge on any atom is 0.287 e. The van der Waals surface area contributed by atoms with Gasteiger partial charge in [-0.15, -0.1) is 0 Å². The summed E-state index contributed by atoms with van der Waals surface area (Å²) in [6.45, 7) is -0.402. The summed E-state index contributed by atoms with van der Waals surface area (Å²) in [7, 11) is 1.51. The molecule has 0 radical (unpaired) electrons. The van der Waals surface area contributed by atoms with Crippen molar-refractivity contribution in [1.82, 2.24) is 9.78 Å². The van der Waals surface area contributed by atoms with Crippen molar-refractivity contribution in [2.75, 3.05) is 7.11 Å². The van der Waals surface area contributed by atoms with Gasteiger partial charge in [-0.3, -0.25) is 9.59 Å². The smallest absolute Gasteiger partial charge is 0.287 e. The van der Waals surface area contributed by atoms with Gasteiger partial charge in [0.05, 0.1) is 18.3 Å². The van der Waals surface area contributed by atoms with Crippen LogP contribution < -0.4 is 16.0 Å². The maximum atomic E-state index is 11.9. The normalized spacial score (nSPS) is 11.3. The van der Waals surface area contributed by atoms with Crippen molar-refractivity contribution < 1.29 is 9.53 Å². The summed E-state index contributed by atoms with van der Waals surface area (Å²) in [4.78, 5) is 27.5. The zero-order valence-corrected chi connectivity index (χ0v) is 13.5. The first-order chi connectivity index (χ1) is 10.9. The number of carbonyl (C=O) groups is 1. The third-order valence-corrected chi connectivity index (χ3v) is 3.59. The third-order valence-electron chi connectivity index (χ3n) is 2.84. The van der Waals surface area contributed by atoms with Crippen molar-refractivity contribution in [3.05, 3.63) is 56.4 Å². The average molecular weight is 355 g/mol. The summed E-state index contributed by atoms with van der Waals surface area (Å²) in [6.07, 6.45) is 1.17. The number of benzene rings is 1. The second-order valence-electron chi connectivity index (χ2n) is 4.39. The maximum absolute atomic E-state index is 11.9. The number of aliphatic imine (C=N–C) groups is 1. The van der Waals surface area contributed by atoms with E-state index in [4.69, 9.17) is 33.7 Å². The van der Waals surface area contributed by atoms with Crippen molar-refractivity contribution in [3.8, 4) is 5.75 Å². The molecule has 0 atom stereocenters. The van der Waals surface area contributed by atoms with Crippen LogP contribution in [-0.4, -0.2) is 28.6 Å². The zero-order chi connectivity index (χ0) is 17.0. The molecule has 2 rings (SSSR count). The fraction of sp³-hybridized carbons (Fsp3) is 0.143. The Balaban J connectivity index is 2.21. The zero-order valence-electron chi connectivity index (χ0n) is 12.0. The molecule has 23 heavy (non-hydrogen) atoms. The molecule has 1 amide bonds. The fourth-order valence-electron chi connectivity index (χ4n) is 1.70. The minimum absolute atomic E-state index is 0.00186. The topological polar surface area (TPSA) is 99.6 Å². The summed E-state index contributed by atoms with van der Waals surface area (Å²) >= 11 is 11.4. The largest absolute Gasteiger partial charge is 0.497 e. The Morgan fingerprint density at radius 1 is 1.43 bits per heavy atom.